The summed E-state index contributed by atoms with van der Waals surface area (Å²) in [5.74, 6) is 2.55. The van der Waals surface area contributed by atoms with Gasteiger partial charge >= 0.3 is 0 Å². The lowest BCUT2D eigenvalue weighted by Gasteiger charge is -2.08. The van der Waals surface area contributed by atoms with Gasteiger partial charge < -0.3 is 14.2 Å². The molecule has 30 heavy (non-hydrogen) atoms. The summed E-state index contributed by atoms with van der Waals surface area (Å²) in [6.45, 7) is 7.14. The van der Waals surface area contributed by atoms with Crippen molar-refractivity contribution in [3.63, 3.8) is 0 Å². The summed E-state index contributed by atoms with van der Waals surface area (Å²) in [5.41, 5.74) is 2.07. The quantitative estimate of drug-likeness (QED) is 0.488. The standard InChI is InChI=1S/C21H25N7O2/c1-13(2)28-20(23-14(3)25-28)17-11-27-8-9-30-18-10-15(21(29)22-12-26(4)5)6-7-16(18)19(27)24-17/h6-7,10-13H,8-9H2,1-5H3. The first-order chi connectivity index (χ1) is 14.3. The number of rotatable bonds is 4. The molecule has 0 aliphatic carbocycles. The molecule has 9 nitrogen and oxygen atoms in total. The Morgan fingerprint density at radius 2 is 2.07 bits per heavy atom. The maximum absolute atomic E-state index is 12.3. The Morgan fingerprint density at radius 1 is 1.27 bits per heavy atom. The van der Waals surface area contributed by atoms with Gasteiger partial charge in [-0.1, -0.05) is 0 Å². The average molecular weight is 407 g/mol. The van der Waals surface area contributed by atoms with Crippen molar-refractivity contribution >= 4 is 12.2 Å². The fourth-order valence-electron chi connectivity index (χ4n) is 3.33. The molecule has 1 aliphatic rings. The van der Waals surface area contributed by atoms with E-state index in [1.807, 2.05) is 38.0 Å². The van der Waals surface area contributed by atoms with Crippen molar-refractivity contribution < 1.29 is 9.53 Å². The number of nitrogens with zero attached hydrogens (tertiary/aromatic N) is 7. The Bertz CT molecular complexity index is 1120. The zero-order valence-corrected chi connectivity index (χ0v) is 17.8. The number of carbonyl (C=O) groups excluding carboxylic acids is 1. The van der Waals surface area contributed by atoms with E-state index in [1.54, 1.807) is 17.0 Å². The number of hydrogen-bond acceptors (Lipinski definition) is 5. The van der Waals surface area contributed by atoms with Crippen molar-refractivity contribution in [3.8, 4) is 28.7 Å². The first-order valence-electron chi connectivity index (χ1n) is 9.86. The molecule has 2 aromatic heterocycles. The number of fused-ring (bicyclic) bond motifs is 3. The number of imidazole rings is 1. The zero-order valence-electron chi connectivity index (χ0n) is 17.8. The highest BCUT2D eigenvalue weighted by molar-refractivity contribution is 5.99. The molecule has 1 aliphatic heterocycles. The van der Waals surface area contributed by atoms with E-state index in [4.69, 9.17) is 9.72 Å². The lowest BCUT2D eigenvalue weighted by atomic mass is 10.1. The van der Waals surface area contributed by atoms with Gasteiger partial charge in [-0.15, -0.1) is 0 Å². The Morgan fingerprint density at radius 3 is 2.80 bits per heavy atom. The minimum atomic E-state index is -0.316. The second-order valence-corrected chi connectivity index (χ2v) is 7.74. The number of benzene rings is 1. The van der Waals surface area contributed by atoms with Crippen LogP contribution in [0.3, 0.4) is 0 Å². The van der Waals surface area contributed by atoms with E-state index in [2.05, 4.69) is 33.5 Å². The van der Waals surface area contributed by atoms with Crippen molar-refractivity contribution in [1.29, 1.82) is 0 Å². The molecule has 3 heterocycles. The minimum absolute atomic E-state index is 0.176. The van der Waals surface area contributed by atoms with Gasteiger partial charge in [0, 0.05) is 31.9 Å². The van der Waals surface area contributed by atoms with E-state index in [-0.39, 0.29) is 11.9 Å². The molecule has 0 fully saturated rings. The molecule has 3 aromatic rings. The largest absolute Gasteiger partial charge is 0.491 e. The normalized spacial score (nSPS) is 13.1. The molecule has 0 saturated heterocycles. The Hall–Kier alpha value is -3.49. The van der Waals surface area contributed by atoms with Crippen molar-refractivity contribution in [2.24, 2.45) is 4.99 Å². The maximum atomic E-state index is 12.3. The van der Waals surface area contributed by atoms with Crippen molar-refractivity contribution in [3.05, 3.63) is 35.8 Å². The first-order valence-corrected chi connectivity index (χ1v) is 9.86. The second kappa shape index (κ2) is 7.74. The Labute approximate surface area is 175 Å². The van der Waals surface area contributed by atoms with Gasteiger partial charge in [0.25, 0.3) is 5.91 Å². The number of amides is 1. The van der Waals surface area contributed by atoms with Gasteiger partial charge in [-0.05, 0) is 39.0 Å². The second-order valence-electron chi connectivity index (χ2n) is 7.74. The van der Waals surface area contributed by atoms with Crippen molar-refractivity contribution in [2.45, 2.75) is 33.4 Å². The van der Waals surface area contributed by atoms with Gasteiger partial charge in [-0.3, -0.25) is 4.79 Å². The topological polar surface area (TPSA) is 90.4 Å². The summed E-state index contributed by atoms with van der Waals surface area (Å²) in [6, 6.07) is 5.52. The molecule has 0 radical (unpaired) electrons. The van der Waals surface area contributed by atoms with Gasteiger partial charge in [-0.2, -0.15) is 10.1 Å². The molecule has 0 saturated carbocycles. The number of carbonyl (C=O) groups is 1. The van der Waals surface area contributed by atoms with E-state index < -0.39 is 0 Å². The third kappa shape index (κ3) is 3.70. The lowest BCUT2D eigenvalue weighted by molar-refractivity contribution is 0.100. The molecular formula is C21H25N7O2. The third-order valence-corrected chi connectivity index (χ3v) is 4.70. The van der Waals surface area contributed by atoms with E-state index in [0.717, 1.165) is 22.9 Å². The van der Waals surface area contributed by atoms with Gasteiger partial charge in [0.15, 0.2) is 5.82 Å². The fourth-order valence-corrected chi connectivity index (χ4v) is 3.33. The fraction of sp³-hybridized carbons (Fsp3) is 0.381. The van der Waals surface area contributed by atoms with E-state index in [0.29, 0.717) is 30.3 Å². The third-order valence-electron chi connectivity index (χ3n) is 4.70. The summed E-state index contributed by atoms with van der Waals surface area (Å²) in [7, 11) is 3.63. The highest BCUT2D eigenvalue weighted by Crippen LogP contribution is 2.34. The van der Waals surface area contributed by atoms with Gasteiger partial charge in [0.2, 0.25) is 0 Å². The Kier molecular flexibility index (Phi) is 5.11. The van der Waals surface area contributed by atoms with Crippen LogP contribution >= 0.6 is 0 Å². The van der Waals surface area contributed by atoms with Crippen LogP contribution in [0.25, 0.3) is 22.9 Å². The molecule has 0 atom stereocenters. The summed E-state index contributed by atoms with van der Waals surface area (Å²) in [5, 5.41) is 4.49. The zero-order chi connectivity index (χ0) is 21.4. The van der Waals surface area contributed by atoms with Gasteiger partial charge in [0.1, 0.15) is 29.7 Å². The molecule has 0 unspecified atom stereocenters. The lowest BCUT2D eigenvalue weighted by Crippen LogP contribution is -2.10. The number of aliphatic imine (C=N–C) groups is 1. The number of ether oxygens (including phenoxy) is 1. The molecule has 0 spiro atoms. The van der Waals surface area contributed by atoms with Gasteiger partial charge in [-0.25, -0.2) is 14.6 Å². The first kappa shape index (κ1) is 19.8. The number of hydrogen-bond donors (Lipinski definition) is 0. The van der Waals surface area contributed by atoms with Crippen LogP contribution in [0.2, 0.25) is 0 Å². The van der Waals surface area contributed by atoms with Crippen LogP contribution in [0.15, 0.2) is 29.4 Å². The molecule has 9 heteroatoms. The van der Waals surface area contributed by atoms with Crippen LogP contribution in [0.1, 0.15) is 36.1 Å². The van der Waals surface area contributed by atoms with Crippen LogP contribution in [-0.4, -0.2) is 62.2 Å². The molecule has 4 rings (SSSR count). The highest BCUT2D eigenvalue weighted by atomic mass is 16.5. The van der Waals surface area contributed by atoms with Crippen molar-refractivity contribution in [2.75, 3.05) is 20.7 Å². The summed E-state index contributed by atoms with van der Waals surface area (Å²) >= 11 is 0. The Balaban J connectivity index is 1.74. The summed E-state index contributed by atoms with van der Waals surface area (Å²) in [6.07, 6.45) is 3.47. The van der Waals surface area contributed by atoms with Gasteiger partial charge in [0.05, 0.1) is 18.4 Å². The molecular weight excluding hydrogens is 382 g/mol. The molecule has 0 bridgehead atoms. The predicted molar refractivity (Wildman–Crippen MR) is 114 cm³/mol. The SMILES string of the molecule is Cc1nc(-c2cn3c(n2)-c2ccc(C(=O)N=CN(C)C)cc2OCC3)n(C(C)C)n1. The van der Waals surface area contributed by atoms with Crippen LogP contribution in [-0.2, 0) is 6.54 Å². The molecule has 1 amide bonds. The number of aromatic nitrogens is 5. The molecule has 0 N–H and O–H groups in total. The van der Waals surface area contributed by atoms with Crippen LogP contribution in [0, 0.1) is 6.92 Å². The van der Waals surface area contributed by atoms with E-state index in [9.17, 15) is 4.79 Å². The number of aryl methyl sites for hydroxylation is 1. The highest BCUT2D eigenvalue weighted by Gasteiger charge is 2.23. The van der Waals surface area contributed by atoms with Crippen molar-refractivity contribution in [1.82, 2.24) is 29.2 Å². The maximum Gasteiger partial charge on any atom is 0.278 e. The van der Waals surface area contributed by atoms with E-state index >= 15 is 0 Å². The minimum Gasteiger partial charge on any atom is -0.491 e. The van der Waals surface area contributed by atoms with Crippen LogP contribution in [0.5, 0.6) is 5.75 Å². The molecule has 156 valence electrons. The predicted octanol–water partition coefficient (Wildman–Crippen LogP) is 2.82. The summed E-state index contributed by atoms with van der Waals surface area (Å²) in [4.78, 5) is 27.4. The average Bonchev–Trinajstić information content (AvgIpc) is 3.25. The monoisotopic (exact) mass is 407 g/mol. The molecule has 1 aromatic carbocycles. The summed E-state index contributed by atoms with van der Waals surface area (Å²) < 4.78 is 9.85. The smallest absolute Gasteiger partial charge is 0.278 e. The van der Waals surface area contributed by atoms with Crippen LogP contribution < -0.4 is 4.74 Å². The van der Waals surface area contributed by atoms with E-state index in [1.165, 1.54) is 6.34 Å². The van der Waals surface area contributed by atoms with Crippen LogP contribution in [0.4, 0.5) is 0 Å².